The lowest BCUT2D eigenvalue weighted by Gasteiger charge is -2.27. The van der Waals surface area contributed by atoms with Gasteiger partial charge in [0.15, 0.2) is 0 Å². The van der Waals surface area contributed by atoms with Crippen LogP contribution in [-0.4, -0.2) is 53.8 Å². The molecular weight excluding hydrogens is 364 g/mol. The zero-order valence-electron chi connectivity index (χ0n) is 17.7. The van der Waals surface area contributed by atoms with Crippen LogP contribution in [0.15, 0.2) is 48.0 Å². The van der Waals surface area contributed by atoms with Gasteiger partial charge < -0.3 is 14.9 Å². The number of benzene rings is 2. The van der Waals surface area contributed by atoms with E-state index in [2.05, 4.69) is 0 Å². The largest absolute Gasteiger partial charge is 0.507 e. The van der Waals surface area contributed by atoms with Crippen LogP contribution in [0.25, 0.3) is 5.76 Å². The van der Waals surface area contributed by atoms with Gasteiger partial charge in [-0.05, 0) is 52.1 Å². The molecule has 0 spiro atoms. The number of aryl methyl sites for hydroxylation is 3. The Bertz CT molecular complexity index is 991. The lowest BCUT2D eigenvalue weighted by molar-refractivity contribution is -0.140. The van der Waals surface area contributed by atoms with E-state index in [1.54, 1.807) is 4.90 Å². The van der Waals surface area contributed by atoms with Gasteiger partial charge in [0.1, 0.15) is 5.76 Å². The van der Waals surface area contributed by atoms with E-state index >= 15 is 0 Å². The van der Waals surface area contributed by atoms with Crippen LogP contribution >= 0.6 is 0 Å². The van der Waals surface area contributed by atoms with Gasteiger partial charge in [0.05, 0.1) is 11.6 Å². The van der Waals surface area contributed by atoms with Crippen LogP contribution in [-0.2, 0) is 9.59 Å². The maximum absolute atomic E-state index is 13.0. The van der Waals surface area contributed by atoms with Gasteiger partial charge in [-0.1, -0.05) is 47.5 Å². The molecule has 1 saturated heterocycles. The summed E-state index contributed by atoms with van der Waals surface area (Å²) >= 11 is 0. The summed E-state index contributed by atoms with van der Waals surface area (Å²) in [6, 6.07) is 12.9. The molecule has 1 aliphatic heterocycles. The molecule has 29 heavy (non-hydrogen) atoms. The van der Waals surface area contributed by atoms with E-state index < -0.39 is 17.7 Å². The number of aliphatic hydroxyl groups excluding tert-OH is 1. The highest BCUT2D eigenvalue weighted by molar-refractivity contribution is 6.46. The lowest BCUT2D eigenvalue weighted by atomic mass is 9.92. The van der Waals surface area contributed by atoms with E-state index in [-0.39, 0.29) is 11.3 Å². The summed E-state index contributed by atoms with van der Waals surface area (Å²) in [6.07, 6.45) is 0. The number of nitrogens with zero attached hydrogens (tertiary/aromatic N) is 2. The Kier molecular flexibility index (Phi) is 5.89. The van der Waals surface area contributed by atoms with Crippen molar-refractivity contribution < 1.29 is 14.7 Å². The number of hydrogen-bond acceptors (Lipinski definition) is 4. The normalized spacial score (nSPS) is 18.7. The highest BCUT2D eigenvalue weighted by atomic mass is 16.3. The number of aliphatic hydroxyl groups is 1. The van der Waals surface area contributed by atoms with Crippen molar-refractivity contribution in [3.8, 4) is 0 Å². The lowest BCUT2D eigenvalue weighted by Crippen LogP contribution is -2.35. The molecule has 1 atom stereocenters. The molecule has 1 N–H and O–H groups in total. The summed E-state index contributed by atoms with van der Waals surface area (Å²) < 4.78 is 0. The van der Waals surface area contributed by atoms with E-state index in [0.717, 1.165) is 22.3 Å². The van der Waals surface area contributed by atoms with Crippen molar-refractivity contribution in [2.24, 2.45) is 0 Å². The van der Waals surface area contributed by atoms with Crippen LogP contribution in [0.3, 0.4) is 0 Å². The van der Waals surface area contributed by atoms with Crippen molar-refractivity contribution in [2.75, 3.05) is 27.2 Å². The molecule has 152 valence electrons. The minimum atomic E-state index is -0.631. The van der Waals surface area contributed by atoms with Crippen LogP contribution < -0.4 is 0 Å². The molecule has 1 fully saturated rings. The van der Waals surface area contributed by atoms with E-state index in [1.807, 2.05) is 82.2 Å². The van der Waals surface area contributed by atoms with Crippen LogP contribution in [0, 0.1) is 20.8 Å². The molecule has 1 aliphatic rings. The monoisotopic (exact) mass is 392 g/mol. The predicted octanol–water partition coefficient (Wildman–Crippen LogP) is 3.60. The molecule has 5 heteroatoms. The van der Waals surface area contributed by atoms with E-state index in [4.69, 9.17) is 0 Å². The predicted molar refractivity (Wildman–Crippen MR) is 115 cm³/mol. The zero-order valence-corrected chi connectivity index (χ0v) is 17.7. The van der Waals surface area contributed by atoms with Crippen LogP contribution in [0.1, 0.15) is 33.9 Å². The first-order chi connectivity index (χ1) is 13.7. The molecule has 1 heterocycles. The Labute approximate surface area is 172 Å². The number of carbonyl (C=O) groups excluding carboxylic acids is 2. The van der Waals surface area contributed by atoms with E-state index in [0.29, 0.717) is 18.7 Å². The van der Waals surface area contributed by atoms with Crippen LogP contribution in [0.5, 0.6) is 0 Å². The van der Waals surface area contributed by atoms with Crippen molar-refractivity contribution in [1.29, 1.82) is 0 Å². The van der Waals surface area contributed by atoms with Crippen LogP contribution in [0.4, 0.5) is 0 Å². The first-order valence-electron chi connectivity index (χ1n) is 9.78. The van der Waals surface area contributed by atoms with Gasteiger partial charge in [0.2, 0.25) is 0 Å². The molecule has 0 radical (unpaired) electrons. The Morgan fingerprint density at radius 2 is 1.72 bits per heavy atom. The standard InChI is InChI=1S/C24H28N2O3/c1-15-7-6-8-18(13-15)21-20(22(27)19-14-16(2)9-10-17(19)3)23(28)24(29)26(21)12-11-25(4)5/h6-10,13-14,21,27H,11-12H2,1-5H3/b22-20+. The fourth-order valence-electron chi connectivity index (χ4n) is 3.74. The second-order valence-corrected chi connectivity index (χ2v) is 8.03. The van der Waals surface area contributed by atoms with Gasteiger partial charge in [0.25, 0.3) is 11.7 Å². The molecule has 3 rings (SSSR count). The second-order valence-electron chi connectivity index (χ2n) is 8.03. The number of hydrogen-bond donors (Lipinski definition) is 1. The first kappa shape index (κ1) is 20.8. The summed E-state index contributed by atoms with van der Waals surface area (Å²) in [6.45, 7) is 6.82. The zero-order chi connectivity index (χ0) is 21.3. The molecule has 0 saturated carbocycles. The van der Waals surface area contributed by atoms with Crippen molar-refractivity contribution in [3.05, 3.63) is 75.9 Å². The number of Topliss-reactive ketones (excluding diaryl/α,β-unsaturated/α-hetero) is 1. The maximum atomic E-state index is 13.0. The summed E-state index contributed by atoms with van der Waals surface area (Å²) in [4.78, 5) is 29.5. The first-order valence-corrected chi connectivity index (χ1v) is 9.78. The van der Waals surface area contributed by atoms with Crippen molar-refractivity contribution >= 4 is 17.4 Å². The van der Waals surface area contributed by atoms with Gasteiger partial charge >= 0.3 is 0 Å². The van der Waals surface area contributed by atoms with E-state index in [1.165, 1.54) is 0 Å². The SMILES string of the molecule is Cc1cccc(C2/C(=C(\O)c3cc(C)ccc3C)C(=O)C(=O)N2CCN(C)C)c1. The maximum Gasteiger partial charge on any atom is 0.295 e. The average Bonchev–Trinajstić information content (AvgIpc) is 2.92. The molecule has 0 bridgehead atoms. The Hall–Kier alpha value is -2.92. The Morgan fingerprint density at radius 3 is 2.38 bits per heavy atom. The minimum Gasteiger partial charge on any atom is -0.507 e. The Balaban J connectivity index is 2.20. The molecule has 2 aromatic rings. The topological polar surface area (TPSA) is 60.9 Å². The molecule has 1 amide bonds. The summed E-state index contributed by atoms with van der Waals surface area (Å²) in [5, 5.41) is 11.2. The highest BCUT2D eigenvalue weighted by Gasteiger charge is 2.46. The third-order valence-electron chi connectivity index (χ3n) is 5.33. The molecule has 5 nitrogen and oxygen atoms in total. The van der Waals surface area contributed by atoms with Crippen molar-refractivity contribution in [1.82, 2.24) is 9.80 Å². The number of likely N-dealkylation sites (tertiary alicyclic amines) is 1. The fourth-order valence-corrected chi connectivity index (χ4v) is 3.74. The minimum absolute atomic E-state index is 0.108. The fraction of sp³-hybridized carbons (Fsp3) is 0.333. The average molecular weight is 392 g/mol. The quantitative estimate of drug-likeness (QED) is 0.480. The molecule has 1 unspecified atom stereocenters. The van der Waals surface area contributed by atoms with E-state index in [9.17, 15) is 14.7 Å². The summed E-state index contributed by atoms with van der Waals surface area (Å²) in [7, 11) is 3.85. The molecular formula is C24H28N2O3. The number of carbonyl (C=O) groups is 2. The molecule has 2 aromatic carbocycles. The van der Waals surface area contributed by atoms with Crippen molar-refractivity contribution in [2.45, 2.75) is 26.8 Å². The Morgan fingerprint density at radius 1 is 1.03 bits per heavy atom. The third kappa shape index (κ3) is 4.10. The highest BCUT2D eigenvalue weighted by Crippen LogP contribution is 2.40. The van der Waals surface area contributed by atoms with Gasteiger partial charge in [-0.3, -0.25) is 9.59 Å². The van der Waals surface area contributed by atoms with Gasteiger partial charge in [-0.2, -0.15) is 0 Å². The number of likely N-dealkylation sites (N-methyl/N-ethyl adjacent to an activating group) is 1. The number of ketones is 1. The summed E-state index contributed by atoms with van der Waals surface area (Å²) in [5.41, 5.74) is 4.45. The van der Waals surface area contributed by atoms with Crippen LogP contribution in [0.2, 0.25) is 0 Å². The second kappa shape index (κ2) is 8.21. The van der Waals surface area contributed by atoms with Gasteiger partial charge in [0, 0.05) is 18.7 Å². The summed E-state index contributed by atoms with van der Waals surface area (Å²) in [5.74, 6) is -1.30. The van der Waals surface area contributed by atoms with Gasteiger partial charge in [-0.15, -0.1) is 0 Å². The van der Waals surface area contributed by atoms with Gasteiger partial charge in [-0.25, -0.2) is 0 Å². The third-order valence-corrected chi connectivity index (χ3v) is 5.33. The smallest absolute Gasteiger partial charge is 0.295 e. The number of amides is 1. The van der Waals surface area contributed by atoms with Crippen molar-refractivity contribution in [3.63, 3.8) is 0 Å². The molecule has 0 aliphatic carbocycles. The number of rotatable bonds is 5. The molecule has 0 aromatic heterocycles.